The van der Waals surface area contributed by atoms with Crippen LogP contribution in [-0.4, -0.2) is 50.4 Å². The minimum atomic E-state index is -4.21. The molecule has 1 N–H and O–H groups in total. The zero-order valence-corrected chi connectivity index (χ0v) is 25.9. The van der Waals surface area contributed by atoms with E-state index in [0.29, 0.717) is 17.2 Å². The smallest absolute Gasteiger partial charge is 0.264 e. The molecule has 0 bridgehead atoms. The van der Waals surface area contributed by atoms with Gasteiger partial charge in [0, 0.05) is 17.1 Å². The predicted octanol–water partition coefficient (Wildman–Crippen LogP) is 5.57. The predicted molar refractivity (Wildman–Crippen MR) is 163 cm³/mol. The Bertz CT molecular complexity index is 1450. The van der Waals surface area contributed by atoms with Crippen LogP contribution in [0, 0.1) is 6.92 Å². The van der Waals surface area contributed by atoms with Gasteiger partial charge in [-0.1, -0.05) is 54.4 Å². The van der Waals surface area contributed by atoms with Gasteiger partial charge in [0.2, 0.25) is 11.8 Å². The number of hydrogen-bond acceptors (Lipinski definition) is 5. The van der Waals surface area contributed by atoms with E-state index in [-0.39, 0.29) is 23.0 Å². The summed E-state index contributed by atoms with van der Waals surface area (Å²) in [6.45, 7) is 8.97. The van der Waals surface area contributed by atoms with Crippen molar-refractivity contribution in [3.63, 3.8) is 0 Å². The molecule has 3 aromatic rings. The summed E-state index contributed by atoms with van der Waals surface area (Å²) in [6, 6.07) is 19.1. The molecule has 3 aromatic carbocycles. The van der Waals surface area contributed by atoms with Gasteiger partial charge in [-0.05, 0) is 82.1 Å². The molecule has 0 aromatic heterocycles. The van der Waals surface area contributed by atoms with E-state index in [0.717, 1.165) is 15.4 Å². The Labute approximate surface area is 248 Å². The number of carbonyl (C=O) groups excluding carboxylic acids is 2. The molecule has 0 saturated carbocycles. The topological polar surface area (TPSA) is 96.0 Å². The number of nitrogens with one attached hydrogen (secondary N) is 1. The summed E-state index contributed by atoms with van der Waals surface area (Å²) < 4.78 is 34.1. The fourth-order valence-corrected chi connectivity index (χ4v) is 5.89. The highest BCUT2D eigenvalue weighted by Crippen LogP contribution is 2.28. The maximum atomic E-state index is 14.1. The third-order valence-corrected chi connectivity index (χ3v) is 8.40. The Morgan fingerprint density at radius 2 is 1.63 bits per heavy atom. The summed E-state index contributed by atoms with van der Waals surface area (Å²) in [6.07, 6.45) is 0.335. The van der Waals surface area contributed by atoms with Crippen LogP contribution in [0.4, 0.5) is 5.69 Å². The number of nitrogens with zero attached hydrogens (tertiary/aromatic N) is 2. The van der Waals surface area contributed by atoms with Crippen molar-refractivity contribution < 1.29 is 22.7 Å². The van der Waals surface area contributed by atoms with Gasteiger partial charge in [0.15, 0.2) is 0 Å². The van der Waals surface area contributed by atoms with Crippen molar-refractivity contribution in [3.05, 3.63) is 88.9 Å². The maximum Gasteiger partial charge on any atom is 0.264 e. The van der Waals surface area contributed by atoms with E-state index in [4.69, 9.17) is 16.3 Å². The molecule has 0 heterocycles. The van der Waals surface area contributed by atoms with E-state index in [1.54, 1.807) is 30.3 Å². The third kappa shape index (κ3) is 8.47. The minimum absolute atomic E-state index is 0.0197. The van der Waals surface area contributed by atoms with Crippen LogP contribution in [0.15, 0.2) is 77.7 Å². The van der Waals surface area contributed by atoms with Gasteiger partial charge in [-0.15, -0.1) is 0 Å². The molecule has 0 spiro atoms. The number of rotatable bonds is 11. The van der Waals surface area contributed by atoms with Crippen molar-refractivity contribution in [1.29, 1.82) is 0 Å². The molecule has 1 atom stereocenters. The summed E-state index contributed by atoms with van der Waals surface area (Å²) in [5, 5.41) is 3.28. The summed E-state index contributed by atoms with van der Waals surface area (Å²) in [7, 11) is -2.72. The fourth-order valence-electron chi connectivity index (χ4n) is 4.30. The summed E-state index contributed by atoms with van der Waals surface area (Å²) in [5.41, 5.74) is 1.58. The van der Waals surface area contributed by atoms with E-state index < -0.39 is 34.1 Å². The van der Waals surface area contributed by atoms with Crippen LogP contribution in [0.25, 0.3) is 0 Å². The van der Waals surface area contributed by atoms with Gasteiger partial charge >= 0.3 is 0 Å². The van der Waals surface area contributed by atoms with Crippen molar-refractivity contribution in [2.45, 2.75) is 64.1 Å². The molecule has 10 heteroatoms. The lowest BCUT2D eigenvalue weighted by Gasteiger charge is -2.34. The molecular weight excluding hydrogens is 562 g/mol. The number of anilines is 1. The molecule has 3 rings (SSSR count). The second kappa shape index (κ2) is 13.4. The first-order valence-corrected chi connectivity index (χ1v) is 15.2. The number of sulfonamides is 1. The number of benzene rings is 3. The molecule has 0 aliphatic heterocycles. The minimum Gasteiger partial charge on any atom is -0.497 e. The van der Waals surface area contributed by atoms with Crippen LogP contribution in [0.1, 0.15) is 45.2 Å². The molecule has 0 aliphatic rings. The molecule has 0 radical (unpaired) electrons. The largest absolute Gasteiger partial charge is 0.497 e. The fraction of sp³-hybridized carbons (Fsp3) is 0.355. The Kier molecular flexibility index (Phi) is 10.4. The average Bonchev–Trinajstić information content (AvgIpc) is 2.91. The lowest BCUT2D eigenvalue weighted by atomic mass is 10.1. The molecule has 0 aliphatic carbocycles. The lowest BCUT2D eigenvalue weighted by Crippen LogP contribution is -2.55. The Hall–Kier alpha value is -3.56. The first kappa shape index (κ1) is 32.0. The normalized spacial score (nSPS) is 12.4. The molecule has 41 heavy (non-hydrogen) atoms. The SMILES string of the molecule is CCC(C(=O)NC(C)(C)C)N(Cc1ccc(C)cc1)C(=O)CN(c1cccc(Cl)c1)S(=O)(=O)c1ccc(OC)cc1. The van der Waals surface area contributed by atoms with Crippen molar-refractivity contribution >= 4 is 39.1 Å². The van der Waals surface area contributed by atoms with Gasteiger partial charge in [-0.25, -0.2) is 8.42 Å². The number of ether oxygens (including phenoxy) is 1. The number of hydrogen-bond donors (Lipinski definition) is 1. The van der Waals surface area contributed by atoms with Crippen molar-refractivity contribution in [2.75, 3.05) is 18.0 Å². The number of halogens is 1. The van der Waals surface area contributed by atoms with Crippen molar-refractivity contribution in [3.8, 4) is 5.75 Å². The van der Waals surface area contributed by atoms with E-state index in [1.807, 2.05) is 58.9 Å². The first-order valence-electron chi connectivity index (χ1n) is 13.3. The van der Waals surface area contributed by atoms with Crippen LogP contribution in [0.2, 0.25) is 5.02 Å². The Balaban J connectivity index is 2.07. The number of aryl methyl sites for hydroxylation is 1. The Morgan fingerprint density at radius 3 is 2.17 bits per heavy atom. The summed E-state index contributed by atoms with van der Waals surface area (Å²) in [5.74, 6) is -0.347. The van der Waals surface area contributed by atoms with Crippen LogP contribution in [0.3, 0.4) is 0 Å². The van der Waals surface area contributed by atoms with Crippen LogP contribution >= 0.6 is 11.6 Å². The van der Waals surface area contributed by atoms with Crippen LogP contribution < -0.4 is 14.4 Å². The lowest BCUT2D eigenvalue weighted by molar-refractivity contribution is -0.141. The molecule has 2 amide bonds. The zero-order valence-electron chi connectivity index (χ0n) is 24.3. The molecular formula is C31H38ClN3O5S. The quantitative estimate of drug-likeness (QED) is 0.311. The van der Waals surface area contributed by atoms with Gasteiger partial charge in [-0.3, -0.25) is 13.9 Å². The highest BCUT2D eigenvalue weighted by atomic mass is 35.5. The Morgan fingerprint density at radius 1 is 1.00 bits per heavy atom. The molecule has 8 nitrogen and oxygen atoms in total. The van der Waals surface area contributed by atoms with E-state index in [1.165, 1.54) is 30.2 Å². The van der Waals surface area contributed by atoms with Gasteiger partial charge in [0.1, 0.15) is 18.3 Å². The maximum absolute atomic E-state index is 14.1. The monoisotopic (exact) mass is 599 g/mol. The number of methoxy groups -OCH3 is 1. The second-order valence-corrected chi connectivity index (χ2v) is 13.1. The molecule has 1 unspecified atom stereocenters. The van der Waals surface area contributed by atoms with Crippen molar-refractivity contribution in [1.82, 2.24) is 10.2 Å². The molecule has 220 valence electrons. The highest BCUT2D eigenvalue weighted by Gasteiger charge is 2.34. The van der Waals surface area contributed by atoms with E-state index in [9.17, 15) is 18.0 Å². The second-order valence-electron chi connectivity index (χ2n) is 10.8. The van der Waals surface area contributed by atoms with E-state index >= 15 is 0 Å². The first-order chi connectivity index (χ1) is 19.2. The average molecular weight is 600 g/mol. The zero-order chi connectivity index (χ0) is 30.4. The van der Waals surface area contributed by atoms with Gasteiger partial charge in [-0.2, -0.15) is 0 Å². The van der Waals surface area contributed by atoms with Gasteiger partial charge in [0.25, 0.3) is 10.0 Å². The number of carbonyl (C=O) groups is 2. The standard InChI is InChI=1S/C31H38ClN3O5S/c1-7-28(30(37)33-31(3,4)5)34(20-23-13-11-22(2)12-14-23)29(36)21-35(25-10-8-9-24(32)19-25)41(38,39)27-17-15-26(40-6)16-18-27/h8-19,28H,7,20-21H2,1-6H3,(H,33,37). The highest BCUT2D eigenvalue weighted by molar-refractivity contribution is 7.92. The van der Waals surface area contributed by atoms with Crippen LogP contribution in [-0.2, 0) is 26.2 Å². The third-order valence-electron chi connectivity index (χ3n) is 6.38. The van der Waals surface area contributed by atoms with Crippen LogP contribution in [0.5, 0.6) is 5.75 Å². The van der Waals surface area contributed by atoms with Gasteiger partial charge < -0.3 is 15.0 Å². The van der Waals surface area contributed by atoms with Crippen molar-refractivity contribution in [2.24, 2.45) is 0 Å². The molecule has 0 saturated heterocycles. The van der Waals surface area contributed by atoms with Gasteiger partial charge in [0.05, 0.1) is 17.7 Å². The number of amides is 2. The summed E-state index contributed by atoms with van der Waals surface area (Å²) in [4.78, 5) is 28.9. The van der Waals surface area contributed by atoms with E-state index in [2.05, 4.69) is 5.32 Å². The summed E-state index contributed by atoms with van der Waals surface area (Å²) >= 11 is 6.23. The molecule has 0 fully saturated rings.